The molecular weight excluding hydrogens is 396 g/mol. The molecule has 0 aliphatic heterocycles. The van der Waals surface area contributed by atoms with Crippen molar-refractivity contribution in [1.82, 2.24) is 0 Å². The van der Waals surface area contributed by atoms with Gasteiger partial charge in [0.05, 0.1) is 12.7 Å². The molecule has 0 radical (unpaired) electrons. The second-order valence-corrected chi connectivity index (χ2v) is 7.31. The molecule has 0 spiro atoms. The monoisotopic (exact) mass is 422 g/mol. The van der Waals surface area contributed by atoms with Crippen molar-refractivity contribution in [2.75, 3.05) is 13.2 Å². The van der Waals surface area contributed by atoms with Crippen molar-refractivity contribution in [3.8, 4) is 16.9 Å². The van der Waals surface area contributed by atoms with E-state index in [0.717, 1.165) is 19.3 Å². The number of allylic oxidation sites excluding steroid dienone is 1. The van der Waals surface area contributed by atoms with Gasteiger partial charge in [0, 0.05) is 23.3 Å². The van der Waals surface area contributed by atoms with Crippen LogP contribution in [-0.2, 0) is 4.74 Å². The molecule has 30 heavy (non-hydrogen) atoms. The predicted octanol–water partition coefficient (Wildman–Crippen LogP) is 7.06. The van der Waals surface area contributed by atoms with Gasteiger partial charge < -0.3 is 9.47 Å². The lowest BCUT2D eigenvalue weighted by molar-refractivity contribution is 0.0466. The molecule has 1 atom stereocenters. The summed E-state index contributed by atoms with van der Waals surface area (Å²) in [4.78, 5) is 0. The van der Waals surface area contributed by atoms with Gasteiger partial charge in [-0.1, -0.05) is 31.6 Å². The van der Waals surface area contributed by atoms with E-state index in [1.54, 1.807) is 6.92 Å². The molecule has 0 bridgehead atoms. The van der Waals surface area contributed by atoms with Crippen molar-refractivity contribution in [2.45, 2.75) is 52.1 Å². The van der Waals surface area contributed by atoms with Crippen molar-refractivity contribution >= 4 is 5.57 Å². The van der Waals surface area contributed by atoms with Crippen molar-refractivity contribution in [2.24, 2.45) is 0 Å². The normalized spacial score (nSPS) is 16.5. The third kappa shape index (κ3) is 4.69. The van der Waals surface area contributed by atoms with Crippen LogP contribution in [0.5, 0.6) is 5.75 Å². The minimum Gasteiger partial charge on any atom is -0.491 e. The van der Waals surface area contributed by atoms with Gasteiger partial charge >= 0.3 is 0 Å². The molecule has 0 aromatic heterocycles. The largest absolute Gasteiger partial charge is 0.491 e. The van der Waals surface area contributed by atoms with E-state index in [2.05, 4.69) is 6.92 Å². The second-order valence-electron chi connectivity index (χ2n) is 7.31. The van der Waals surface area contributed by atoms with E-state index in [1.807, 2.05) is 6.08 Å². The van der Waals surface area contributed by atoms with E-state index in [0.29, 0.717) is 25.0 Å². The van der Waals surface area contributed by atoms with E-state index >= 15 is 0 Å². The average molecular weight is 422 g/mol. The first kappa shape index (κ1) is 22.3. The fraction of sp³-hybridized carbons (Fsp3) is 0.417. The lowest BCUT2D eigenvalue weighted by Crippen LogP contribution is -2.16. The quantitative estimate of drug-likeness (QED) is 0.335. The summed E-state index contributed by atoms with van der Waals surface area (Å²) in [6, 6.07) is 5.12. The van der Waals surface area contributed by atoms with Crippen molar-refractivity contribution in [1.29, 1.82) is 0 Å². The summed E-state index contributed by atoms with van der Waals surface area (Å²) >= 11 is 0. The molecule has 0 heterocycles. The Hall–Kier alpha value is -2.34. The Labute approximate surface area is 174 Å². The Morgan fingerprint density at radius 1 is 0.867 bits per heavy atom. The number of ether oxygens (including phenoxy) is 2. The number of halogens is 4. The first-order chi connectivity index (χ1) is 14.5. The van der Waals surface area contributed by atoms with Crippen LogP contribution in [-0.4, -0.2) is 19.3 Å². The maximum Gasteiger partial charge on any atom is 0.201 e. The topological polar surface area (TPSA) is 18.5 Å². The third-order valence-electron chi connectivity index (χ3n) is 5.28. The summed E-state index contributed by atoms with van der Waals surface area (Å²) in [7, 11) is 0. The minimum absolute atomic E-state index is 0.0911. The van der Waals surface area contributed by atoms with Crippen molar-refractivity contribution in [3.63, 3.8) is 0 Å². The Morgan fingerprint density at radius 3 is 2.13 bits per heavy atom. The maximum atomic E-state index is 14.8. The summed E-state index contributed by atoms with van der Waals surface area (Å²) in [6.07, 6.45) is 5.96. The fourth-order valence-electron chi connectivity index (χ4n) is 3.61. The first-order valence-corrected chi connectivity index (χ1v) is 10.4. The molecule has 0 fully saturated rings. The van der Waals surface area contributed by atoms with E-state index in [4.69, 9.17) is 9.47 Å². The lowest BCUT2D eigenvalue weighted by atomic mass is 9.90. The van der Waals surface area contributed by atoms with Crippen LogP contribution in [0.1, 0.15) is 51.5 Å². The van der Waals surface area contributed by atoms with Crippen LogP contribution in [0.3, 0.4) is 0 Å². The molecule has 1 unspecified atom stereocenters. The Kier molecular flexibility index (Phi) is 7.53. The van der Waals surface area contributed by atoms with Crippen molar-refractivity contribution < 1.29 is 27.0 Å². The Morgan fingerprint density at radius 2 is 1.50 bits per heavy atom. The van der Waals surface area contributed by atoms with E-state index in [9.17, 15) is 17.6 Å². The molecule has 1 aliphatic rings. The van der Waals surface area contributed by atoms with Crippen LogP contribution in [0.15, 0.2) is 30.3 Å². The number of hydrogen-bond donors (Lipinski definition) is 0. The number of benzene rings is 2. The summed E-state index contributed by atoms with van der Waals surface area (Å²) in [5.41, 5.74) is 0.176. The summed E-state index contributed by atoms with van der Waals surface area (Å²) in [5, 5.41) is 0. The highest BCUT2D eigenvalue weighted by atomic mass is 19.2. The molecule has 2 aromatic carbocycles. The number of hydrogen-bond acceptors (Lipinski definition) is 2. The SMILES string of the molecule is CCCCOC1CC=C(c2ccc(-c3ccc(OCC)c(F)c3F)c(F)c2F)CC1. The average Bonchev–Trinajstić information content (AvgIpc) is 2.75. The van der Waals surface area contributed by atoms with Gasteiger partial charge in [-0.25, -0.2) is 13.2 Å². The van der Waals surface area contributed by atoms with Crippen LogP contribution < -0.4 is 4.74 Å². The molecular formula is C24H26F4O2. The van der Waals surface area contributed by atoms with Gasteiger partial charge in [0.1, 0.15) is 0 Å². The van der Waals surface area contributed by atoms with Crippen LogP contribution in [0.2, 0.25) is 0 Å². The molecule has 2 nitrogen and oxygen atoms in total. The third-order valence-corrected chi connectivity index (χ3v) is 5.28. The highest BCUT2D eigenvalue weighted by Crippen LogP contribution is 2.36. The Balaban J connectivity index is 1.84. The predicted molar refractivity (Wildman–Crippen MR) is 109 cm³/mol. The van der Waals surface area contributed by atoms with Crippen LogP contribution in [0, 0.1) is 23.3 Å². The standard InChI is InChI=1S/C24H26F4O2/c1-3-5-14-30-16-8-6-15(7-9-16)17-10-11-18(22(26)21(17)25)19-12-13-20(29-4-2)24(28)23(19)27/h6,10-13,16H,3-5,7-9,14H2,1-2H3. The summed E-state index contributed by atoms with van der Waals surface area (Å²) < 4.78 is 69.0. The second kappa shape index (κ2) is 10.1. The van der Waals surface area contributed by atoms with Crippen LogP contribution >= 0.6 is 0 Å². The van der Waals surface area contributed by atoms with E-state index in [1.165, 1.54) is 24.3 Å². The van der Waals surface area contributed by atoms with Gasteiger partial charge in [0.15, 0.2) is 23.2 Å². The van der Waals surface area contributed by atoms with Gasteiger partial charge in [-0.15, -0.1) is 0 Å². The smallest absolute Gasteiger partial charge is 0.201 e. The van der Waals surface area contributed by atoms with Crippen molar-refractivity contribution in [3.05, 3.63) is 59.2 Å². The molecule has 0 saturated heterocycles. The fourth-order valence-corrected chi connectivity index (χ4v) is 3.61. The molecule has 1 aliphatic carbocycles. The van der Waals surface area contributed by atoms with Crippen LogP contribution in [0.4, 0.5) is 17.6 Å². The van der Waals surface area contributed by atoms with Crippen LogP contribution in [0.25, 0.3) is 16.7 Å². The molecule has 0 saturated carbocycles. The zero-order valence-corrected chi connectivity index (χ0v) is 17.2. The molecule has 3 rings (SSSR count). The summed E-state index contributed by atoms with van der Waals surface area (Å²) in [6.45, 7) is 4.59. The maximum absolute atomic E-state index is 14.8. The Bertz CT molecular complexity index is 924. The van der Waals surface area contributed by atoms with Gasteiger partial charge in [0.25, 0.3) is 0 Å². The van der Waals surface area contributed by atoms with Gasteiger partial charge in [0.2, 0.25) is 5.82 Å². The zero-order valence-electron chi connectivity index (χ0n) is 17.2. The minimum atomic E-state index is -1.27. The summed E-state index contributed by atoms with van der Waals surface area (Å²) in [5.74, 6) is -5.01. The lowest BCUT2D eigenvalue weighted by Gasteiger charge is -2.23. The van der Waals surface area contributed by atoms with E-state index in [-0.39, 0.29) is 35.2 Å². The molecule has 0 N–H and O–H groups in total. The zero-order chi connectivity index (χ0) is 21.7. The number of rotatable bonds is 8. The molecule has 162 valence electrons. The van der Waals surface area contributed by atoms with Gasteiger partial charge in [-0.3, -0.25) is 0 Å². The van der Waals surface area contributed by atoms with E-state index < -0.39 is 23.3 Å². The molecule has 6 heteroatoms. The highest BCUT2D eigenvalue weighted by Gasteiger charge is 2.24. The molecule has 2 aromatic rings. The number of unbranched alkanes of at least 4 members (excludes halogenated alkanes) is 1. The molecule has 0 amide bonds. The van der Waals surface area contributed by atoms with Gasteiger partial charge in [-0.05, 0) is 50.3 Å². The highest BCUT2D eigenvalue weighted by molar-refractivity contribution is 5.72. The van der Waals surface area contributed by atoms with Gasteiger partial charge in [-0.2, -0.15) is 4.39 Å². The first-order valence-electron chi connectivity index (χ1n) is 10.4.